The van der Waals surface area contributed by atoms with Crippen molar-refractivity contribution in [1.82, 2.24) is 4.90 Å². The molecule has 4 aliphatic rings. The molecule has 65 heavy (non-hydrogen) atoms. The van der Waals surface area contributed by atoms with Gasteiger partial charge in [0.2, 0.25) is 0 Å². The number of carbonyl (C=O) groups excluding carboxylic acids is 5. The third kappa shape index (κ3) is 14.3. The van der Waals surface area contributed by atoms with Crippen molar-refractivity contribution < 1.29 is 62.3 Å². The number of methoxy groups -OCH3 is 3. The molecule has 2 N–H and O–H groups in total. The van der Waals surface area contributed by atoms with E-state index in [0.717, 1.165) is 10.5 Å². The molecule has 3 heterocycles. The summed E-state index contributed by atoms with van der Waals surface area (Å²) >= 11 is 0. The molecule has 0 aromatic heterocycles. The summed E-state index contributed by atoms with van der Waals surface area (Å²) in [5.74, 6) is -9.16. The Bertz CT molecular complexity index is 1760. The van der Waals surface area contributed by atoms with Crippen molar-refractivity contribution in [3.63, 3.8) is 0 Å². The zero-order valence-electron chi connectivity index (χ0n) is 40.5. The van der Waals surface area contributed by atoms with Crippen molar-refractivity contribution in [1.29, 1.82) is 0 Å². The summed E-state index contributed by atoms with van der Waals surface area (Å²) in [7, 11) is 4.47. The van der Waals surface area contributed by atoms with E-state index in [1.807, 2.05) is 51.2 Å². The number of allylic oxidation sites excluding steroid dienone is 6. The van der Waals surface area contributed by atoms with Gasteiger partial charge in [0.1, 0.15) is 30.1 Å². The van der Waals surface area contributed by atoms with Crippen molar-refractivity contribution in [3.05, 3.63) is 47.6 Å². The molecule has 0 radical (unpaired) electrons. The number of aliphatic hydroxyl groups excluding tert-OH is 2. The minimum Gasteiger partial charge on any atom is -0.460 e. The molecule has 0 aromatic rings. The monoisotopic (exact) mass is 916 g/mol. The molecule has 366 valence electrons. The Hall–Kier alpha value is -3.40. The summed E-state index contributed by atoms with van der Waals surface area (Å²) in [6.07, 6.45) is 10.3. The van der Waals surface area contributed by atoms with Crippen molar-refractivity contribution >= 4 is 29.2 Å². The molecule has 15 atom stereocenters. The Morgan fingerprint density at radius 1 is 0.862 bits per heavy atom. The Kier molecular flexibility index (Phi) is 20.9. The van der Waals surface area contributed by atoms with Gasteiger partial charge < -0.3 is 38.8 Å². The van der Waals surface area contributed by atoms with E-state index in [2.05, 4.69) is 0 Å². The number of fused-ring (bicyclic) bond motifs is 3. The topological polar surface area (TPSA) is 175 Å². The lowest BCUT2D eigenvalue weighted by atomic mass is 9.78. The second kappa shape index (κ2) is 25.1. The maximum atomic E-state index is 17.1. The fourth-order valence-corrected chi connectivity index (χ4v) is 10.1. The number of hydrogen-bond donors (Lipinski definition) is 2. The number of amides is 1. The Morgan fingerprint density at radius 3 is 2.26 bits per heavy atom. The van der Waals surface area contributed by atoms with Crippen molar-refractivity contribution in [2.75, 3.05) is 27.9 Å². The van der Waals surface area contributed by atoms with E-state index < -0.39 is 83.9 Å². The molecule has 1 aliphatic carbocycles. The smallest absolute Gasteiger partial charge is 0.329 e. The van der Waals surface area contributed by atoms with Crippen LogP contribution in [0.25, 0.3) is 0 Å². The zero-order valence-corrected chi connectivity index (χ0v) is 40.5. The number of cyclic esters (lactones) is 1. The van der Waals surface area contributed by atoms with Crippen LogP contribution < -0.4 is 0 Å². The van der Waals surface area contributed by atoms with Crippen molar-refractivity contribution in [3.8, 4) is 0 Å². The van der Waals surface area contributed by atoms with Crippen molar-refractivity contribution in [2.45, 2.75) is 180 Å². The molecule has 3 fully saturated rings. The number of halogens is 1. The molecule has 14 heteroatoms. The standard InChI is InChI=1S/C51H78FNO12/c1-30-16-12-11-13-17-31(2)42(61-8)28-38-21-19-36(7)51(52,65-38)48(58)49(59)53-23-15-14-18-39(53)50(60)64-43(33(4)26-37-20-22-40(54)44(27-37)62-9)29-41(55)32(3)25-35(6)46(57)47(63-10)45(56)34(5)24-30/h11-13,16-17,25,30,32-34,36-40,42-44,46-47,54,57H,14-15,18-24,26-29H2,1-10H3/b13-11?,16-12+,31-17?,35-25+/t30-,32-,33-,34-,36-,37+,38+,39?,40+,42+,43+,44-,46-,47+,51?/m1/s1. The third-order valence-corrected chi connectivity index (χ3v) is 14.4. The zero-order chi connectivity index (χ0) is 48.2. The van der Waals surface area contributed by atoms with Crippen LogP contribution in [0.1, 0.15) is 126 Å². The minimum atomic E-state index is -2.93. The summed E-state index contributed by atoms with van der Waals surface area (Å²) < 4.78 is 46.1. The van der Waals surface area contributed by atoms with Gasteiger partial charge in [0.15, 0.2) is 5.78 Å². The molecule has 2 unspecified atom stereocenters. The summed E-state index contributed by atoms with van der Waals surface area (Å²) in [4.78, 5) is 71.4. The van der Waals surface area contributed by atoms with Crippen LogP contribution in [0.4, 0.5) is 4.39 Å². The molecule has 13 nitrogen and oxygen atoms in total. The van der Waals surface area contributed by atoms with E-state index >= 15 is 4.39 Å². The van der Waals surface area contributed by atoms with E-state index in [4.69, 9.17) is 23.7 Å². The average molecular weight is 916 g/mol. The second-order valence-corrected chi connectivity index (χ2v) is 19.5. The minimum absolute atomic E-state index is 0.00748. The molecule has 1 amide bonds. The predicted molar refractivity (Wildman–Crippen MR) is 244 cm³/mol. The first-order chi connectivity index (χ1) is 30.7. The second-order valence-electron chi connectivity index (χ2n) is 19.5. The first-order valence-corrected chi connectivity index (χ1v) is 23.9. The summed E-state index contributed by atoms with van der Waals surface area (Å²) in [5, 5.41) is 21.9. The quantitative estimate of drug-likeness (QED) is 0.157. The fourth-order valence-electron chi connectivity index (χ4n) is 10.1. The van der Waals surface area contributed by atoms with Crippen LogP contribution in [-0.4, -0.2) is 127 Å². The van der Waals surface area contributed by atoms with Crippen LogP contribution in [0.15, 0.2) is 47.6 Å². The molecule has 0 aromatic carbocycles. The molecule has 2 bridgehead atoms. The van der Waals surface area contributed by atoms with Crippen LogP contribution in [0.5, 0.6) is 0 Å². The SMILES string of the molecule is CO[C@H]1C[C@@H]2CC[C@@H](C)C(F)(O2)C(=O)C(=O)N2CCCCC2C(=O)O[C@H]([C@H](C)C[C@@H]2CC[C@H](O)[C@H](OC)C2)CC(=O)[C@H](C)/C=C(\C)[C@@H](O)[C@@H](OC)C(=O)[C@H](C)C[C@H](C)/C=C/C=CC=C1C. The first-order valence-electron chi connectivity index (χ1n) is 23.9. The predicted octanol–water partition coefficient (Wildman–Crippen LogP) is 7.16. The third-order valence-electron chi connectivity index (χ3n) is 14.4. The number of aliphatic hydroxyl groups is 2. The number of esters is 1. The molecule has 0 spiro atoms. The number of Topliss-reactive ketones (excluding diaryl/α,β-unsaturated/α-hetero) is 3. The summed E-state index contributed by atoms with van der Waals surface area (Å²) in [6.45, 7) is 12.5. The Balaban J connectivity index is 1.70. The van der Waals surface area contributed by atoms with Gasteiger partial charge in [-0.25, -0.2) is 9.18 Å². The van der Waals surface area contributed by atoms with Gasteiger partial charge >= 0.3 is 5.97 Å². The van der Waals surface area contributed by atoms with Gasteiger partial charge in [0.05, 0.1) is 24.4 Å². The van der Waals surface area contributed by atoms with E-state index in [-0.39, 0.29) is 67.7 Å². The maximum Gasteiger partial charge on any atom is 0.329 e. The number of ketones is 3. The lowest BCUT2D eigenvalue weighted by molar-refractivity contribution is -0.231. The first kappa shape index (κ1) is 54.2. The summed E-state index contributed by atoms with van der Waals surface area (Å²) in [6, 6.07) is -1.20. The molecular formula is C51H78FNO12. The average Bonchev–Trinajstić information content (AvgIpc) is 3.28. The number of hydrogen-bond acceptors (Lipinski definition) is 12. The lowest BCUT2D eigenvalue weighted by Crippen LogP contribution is -2.59. The number of rotatable bonds is 6. The Morgan fingerprint density at radius 2 is 1.58 bits per heavy atom. The van der Waals surface area contributed by atoms with E-state index in [1.165, 1.54) is 7.11 Å². The number of carbonyl (C=O) groups is 5. The van der Waals surface area contributed by atoms with Crippen LogP contribution in [0.3, 0.4) is 0 Å². The van der Waals surface area contributed by atoms with Crippen LogP contribution >= 0.6 is 0 Å². The van der Waals surface area contributed by atoms with Gasteiger partial charge in [-0.05, 0) is 107 Å². The summed E-state index contributed by atoms with van der Waals surface area (Å²) in [5.41, 5.74) is 1.22. The van der Waals surface area contributed by atoms with Gasteiger partial charge in [-0.15, -0.1) is 0 Å². The lowest BCUT2D eigenvalue weighted by Gasteiger charge is -2.41. The van der Waals surface area contributed by atoms with Crippen molar-refractivity contribution in [2.24, 2.45) is 35.5 Å². The largest absolute Gasteiger partial charge is 0.460 e. The van der Waals surface area contributed by atoms with Gasteiger partial charge in [-0.2, -0.15) is 0 Å². The number of alkyl halides is 1. The maximum absolute atomic E-state index is 17.1. The molecular weight excluding hydrogens is 838 g/mol. The molecule has 2 saturated heterocycles. The fraction of sp³-hybridized carbons (Fsp3) is 0.745. The van der Waals surface area contributed by atoms with Crippen LogP contribution in [-0.2, 0) is 47.7 Å². The Labute approximate surface area is 386 Å². The molecule has 4 rings (SSSR count). The highest BCUT2D eigenvalue weighted by Gasteiger charge is 2.55. The van der Waals surface area contributed by atoms with Crippen LogP contribution in [0.2, 0.25) is 0 Å². The van der Waals surface area contributed by atoms with E-state index in [0.29, 0.717) is 56.9 Å². The number of nitrogens with zero attached hydrogens (tertiary/aromatic N) is 1. The molecule has 3 aliphatic heterocycles. The van der Waals surface area contributed by atoms with Gasteiger partial charge in [-0.1, -0.05) is 71.1 Å². The van der Waals surface area contributed by atoms with Gasteiger partial charge in [-0.3, -0.25) is 19.2 Å². The highest BCUT2D eigenvalue weighted by molar-refractivity contribution is 6.39. The normalized spacial score (nSPS) is 39.1. The van der Waals surface area contributed by atoms with E-state index in [1.54, 1.807) is 48.0 Å². The highest BCUT2D eigenvalue weighted by atomic mass is 19.2. The number of piperidine rings is 1. The number of ether oxygens (including phenoxy) is 5. The van der Waals surface area contributed by atoms with Gasteiger partial charge in [0, 0.05) is 58.5 Å². The van der Waals surface area contributed by atoms with Gasteiger partial charge in [0.25, 0.3) is 17.5 Å². The highest BCUT2D eigenvalue weighted by Crippen LogP contribution is 2.40. The van der Waals surface area contributed by atoms with E-state index in [9.17, 15) is 34.2 Å². The van der Waals surface area contributed by atoms with Crippen LogP contribution in [0, 0.1) is 35.5 Å². The molecule has 1 saturated carbocycles.